The molecule has 0 unspecified atom stereocenters. The normalized spacial score (nSPS) is 18.5. The van der Waals surface area contributed by atoms with Crippen molar-refractivity contribution in [2.45, 2.75) is 26.0 Å². The predicted octanol–water partition coefficient (Wildman–Crippen LogP) is 3.28. The van der Waals surface area contributed by atoms with Crippen LogP contribution in [-0.4, -0.2) is 75.6 Å². The molecule has 188 valence electrons. The molecule has 1 aliphatic rings. The molecule has 4 rings (SSSR count). The fourth-order valence-corrected chi connectivity index (χ4v) is 4.18. The highest BCUT2D eigenvalue weighted by atomic mass is 19.1. The summed E-state index contributed by atoms with van der Waals surface area (Å²) in [6, 6.07) is 10.6. The number of hydrogen-bond donors (Lipinski definition) is 1. The smallest absolute Gasteiger partial charge is 0.259 e. The van der Waals surface area contributed by atoms with E-state index in [4.69, 9.17) is 4.74 Å². The average Bonchev–Trinajstić information content (AvgIpc) is 2.90. The number of amides is 2. The molecule has 1 N–H and O–H groups in total. The molecule has 1 aliphatic heterocycles. The lowest BCUT2D eigenvalue weighted by Gasteiger charge is -2.37. The fourth-order valence-electron chi connectivity index (χ4n) is 4.18. The third-order valence-electron chi connectivity index (χ3n) is 6.41. The quantitative estimate of drug-likeness (QED) is 0.568. The maximum absolute atomic E-state index is 13.6. The lowest BCUT2D eigenvalue weighted by Crippen LogP contribution is -2.50. The summed E-state index contributed by atoms with van der Waals surface area (Å²) in [7, 11) is 1.69. The number of pyridine rings is 2. The largest absolute Gasteiger partial charge is 0.472 e. The van der Waals surface area contributed by atoms with Gasteiger partial charge in [-0.25, -0.2) is 9.37 Å². The first-order chi connectivity index (χ1) is 17.3. The molecule has 3 aromatic rings. The van der Waals surface area contributed by atoms with Crippen molar-refractivity contribution in [1.82, 2.24) is 19.8 Å². The standard InChI is InChI=1S/C27H29FN4O4/c1-17-14-32(18(2)16-33)27(35)23-11-21(19-6-8-22(28)9-7-19)13-30-25(23)36-24(17)15-31(3)26(34)20-5-4-10-29-12-20/h4-13,17-18,24,33H,14-16H2,1-3H3/t17-,18+,24-/m1/s1. The SMILES string of the molecule is C[C@@H]1CN([C@@H](C)CO)C(=O)c2cc(-c3ccc(F)cc3)cnc2O[C@@H]1CN(C)C(=O)c1cccnc1. The van der Waals surface area contributed by atoms with E-state index in [1.807, 2.05) is 6.92 Å². The number of carbonyl (C=O) groups is 2. The van der Waals surface area contributed by atoms with Crippen LogP contribution >= 0.6 is 0 Å². The summed E-state index contributed by atoms with van der Waals surface area (Å²) in [6.07, 6.45) is 4.22. The van der Waals surface area contributed by atoms with Crippen LogP contribution in [0.5, 0.6) is 5.88 Å². The Balaban J connectivity index is 1.68. The Bertz CT molecular complexity index is 1220. The molecule has 0 saturated heterocycles. The van der Waals surface area contributed by atoms with Crippen LogP contribution in [-0.2, 0) is 0 Å². The number of nitrogens with zero attached hydrogens (tertiary/aromatic N) is 4. The summed E-state index contributed by atoms with van der Waals surface area (Å²) in [4.78, 5) is 38.1. The van der Waals surface area contributed by atoms with E-state index in [9.17, 15) is 19.1 Å². The minimum atomic E-state index is -0.472. The van der Waals surface area contributed by atoms with Crippen LogP contribution in [0.4, 0.5) is 4.39 Å². The number of hydrogen-bond acceptors (Lipinski definition) is 6. The number of rotatable bonds is 6. The van der Waals surface area contributed by atoms with Crippen LogP contribution in [0, 0.1) is 11.7 Å². The van der Waals surface area contributed by atoms with Crippen LogP contribution in [0.15, 0.2) is 61.1 Å². The summed E-state index contributed by atoms with van der Waals surface area (Å²) in [5.41, 5.74) is 2.05. The summed E-state index contributed by atoms with van der Waals surface area (Å²) in [6.45, 7) is 4.09. The number of likely N-dealkylation sites (N-methyl/N-ethyl adjacent to an activating group) is 1. The van der Waals surface area contributed by atoms with Crippen molar-refractivity contribution in [2.24, 2.45) is 5.92 Å². The van der Waals surface area contributed by atoms with E-state index in [2.05, 4.69) is 9.97 Å². The van der Waals surface area contributed by atoms with Crippen molar-refractivity contribution < 1.29 is 23.8 Å². The lowest BCUT2D eigenvalue weighted by atomic mass is 9.99. The van der Waals surface area contributed by atoms with Gasteiger partial charge in [-0.1, -0.05) is 19.1 Å². The van der Waals surface area contributed by atoms with E-state index in [1.54, 1.807) is 66.5 Å². The minimum Gasteiger partial charge on any atom is -0.472 e. The Morgan fingerprint density at radius 3 is 2.67 bits per heavy atom. The highest BCUT2D eigenvalue weighted by Crippen LogP contribution is 2.30. The third-order valence-corrected chi connectivity index (χ3v) is 6.41. The van der Waals surface area contributed by atoms with E-state index in [0.717, 1.165) is 0 Å². The summed E-state index contributed by atoms with van der Waals surface area (Å²) < 4.78 is 19.7. The van der Waals surface area contributed by atoms with Gasteiger partial charge >= 0.3 is 0 Å². The molecule has 0 spiro atoms. The molecule has 9 heteroatoms. The molecule has 0 bridgehead atoms. The van der Waals surface area contributed by atoms with Gasteiger partial charge in [0.25, 0.3) is 11.8 Å². The maximum atomic E-state index is 13.6. The zero-order valence-electron chi connectivity index (χ0n) is 20.5. The Morgan fingerprint density at radius 1 is 1.25 bits per heavy atom. The zero-order valence-corrected chi connectivity index (χ0v) is 20.5. The van der Waals surface area contributed by atoms with E-state index in [1.165, 1.54) is 18.3 Å². The predicted molar refractivity (Wildman–Crippen MR) is 132 cm³/mol. The zero-order chi connectivity index (χ0) is 25.8. The molecule has 0 saturated carbocycles. The van der Waals surface area contributed by atoms with Crippen LogP contribution < -0.4 is 4.74 Å². The minimum absolute atomic E-state index is 0.153. The average molecular weight is 493 g/mol. The van der Waals surface area contributed by atoms with Crippen molar-refractivity contribution in [3.05, 3.63) is 78.0 Å². The second kappa shape index (κ2) is 10.8. The Hall–Kier alpha value is -3.85. The van der Waals surface area contributed by atoms with E-state index in [0.29, 0.717) is 23.2 Å². The molecule has 3 atom stereocenters. The second-order valence-corrected chi connectivity index (χ2v) is 9.13. The van der Waals surface area contributed by atoms with Gasteiger partial charge in [-0.3, -0.25) is 14.6 Å². The van der Waals surface area contributed by atoms with Crippen LogP contribution in [0.2, 0.25) is 0 Å². The molecule has 1 aromatic carbocycles. The fraction of sp³-hybridized carbons (Fsp3) is 0.333. The van der Waals surface area contributed by atoms with Gasteiger partial charge in [0.2, 0.25) is 5.88 Å². The number of carbonyl (C=O) groups excluding carboxylic acids is 2. The van der Waals surface area contributed by atoms with Crippen molar-refractivity contribution in [2.75, 3.05) is 26.7 Å². The molecule has 0 radical (unpaired) electrons. The van der Waals surface area contributed by atoms with Crippen molar-refractivity contribution in [3.63, 3.8) is 0 Å². The number of ether oxygens (including phenoxy) is 1. The van der Waals surface area contributed by atoms with Gasteiger partial charge in [-0.15, -0.1) is 0 Å². The second-order valence-electron chi connectivity index (χ2n) is 9.13. The number of fused-ring (bicyclic) bond motifs is 1. The van der Waals surface area contributed by atoms with Gasteiger partial charge in [0, 0.05) is 43.7 Å². The molecule has 2 amide bonds. The van der Waals surface area contributed by atoms with Gasteiger partial charge < -0.3 is 19.6 Å². The molecule has 3 heterocycles. The topological polar surface area (TPSA) is 95.9 Å². The van der Waals surface area contributed by atoms with E-state index < -0.39 is 12.1 Å². The molecule has 8 nitrogen and oxygen atoms in total. The van der Waals surface area contributed by atoms with Gasteiger partial charge in [0.15, 0.2) is 0 Å². The first-order valence-electron chi connectivity index (χ1n) is 11.8. The third kappa shape index (κ3) is 5.36. The first-order valence-corrected chi connectivity index (χ1v) is 11.8. The lowest BCUT2D eigenvalue weighted by molar-refractivity contribution is 0.0313. The van der Waals surface area contributed by atoms with Crippen molar-refractivity contribution in [3.8, 4) is 17.0 Å². The number of aliphatic hydroxyl groups is 1. The van der Waals surface area contributed by atoms with Crippen LogP contribution in [0.25, 0.3) is 11.1 Å². The van der Waals surface area contributed by atoms with Crippen LogP contribution in [0.3, 0.4) is 0 Å². The van der Waals surface area contributed by atoms with Gasteiger partial charge in [0.1, 0.15) is 17.5 Å². The summed E-state index contributed by atoms with van der Waals surface area (Å²) in [5.74, 6) is -0.883. The molecule has 36 heavy (non-hydrogen) atoms. The molecule has 0 fully saturated rings. The Kier molecular flexibility index (Phi) is 7.59. The number of benzene rings is 1. The van der Waals surface area contributed by atoms with Crippen molar-refractivity contribution >= 4 is 11.8 Å². The van der Waals surface area contributed by atoms with Gasteiger partial charge in [-0.2, -0.15) is 0 Å². The molecular weight excluding hydrogens is 463 g/mol. The number of aliphatic hydroxyl groups excluding tert-OH is 1. The van der Waals surface area contributed by atoms with E-state index >= 15 is 0 Å². The maximum Gasteiger partial charge on any atom is 0.259 e. The molecule has 0 aliphatic carbocycles. The number of aromatic nitrogens is 2. The first kappa shape index (κ1) is 25.2. The molecular formula is C27H29FN4O4. The highest BCUT2D eigenvalue weighted by Gasteiger charge is 2.35. The summed E-state index contributed by atoms with van der Waals surface area (Å²) >= 11 is 0. The van der Waals surface area contributed by atoms with E-state index in [-0.39, 0.29) is 48.1 Å². The Morgan fingerprint density at radius 2 is 2.00 bits per heavy atom. The number of halogens is 1. The summed E-state index contributed by atoms with van der Waals surface area (Å²) in [5, 5.41) is 9.83. The Labute approximate surface area is 209 Å². The van der Waals surface area contributed by atoms with Gasteiger partial charge in [-0.05, 0) is 42.8 Å². The van der Waals surface area contributed by atoms with Gasteiger partial charge in [0.05, 0.1) is 24.8 Å². The monoisotopic (exact) mass is 492 g/mol. The van der Waals surface area contributed by atoms with Crippen LogP contribution in [0.1, 0.15) is 34.6 Å². The van der Waals surface area contributed by atoms with Crippen molar-refractivity contribution in [1.29, 1.82) is 0 Å². The molecule has 2 aromatic heterocycles. The highest BCUT2D eigenvalue weighted by molar-refractivity contribution is 5.98.